The lowest BCUT2D eigenvalue weighted by Crippen LogP contribution is -2.38. The highest BCUT2D eigenvalue weighted by molar-refractivity contribution is 5.77. The van der Waals surface area contributed by atoms with Crippen molar-refractivity contribution in [3.05, 3.63) is 76.2 Å². The van der Waals surface area contributed by atoms with E-state index in [-0.39, 0.29) is 37.1 Å². The van der Waals surface area contributed by atoms with E-state index in [4.69, 9.17) is 14.5 Å². The number of benzene rings is 2. The number of carboxylic acid groups (broad SMARTS) is 1. The summed E-state index contributed by atoms with van der Waals surface area (Å²) in [6, 6.07) is 6.32. The van der Waals surface area contributed by atoms with Gasteiger partial charge in [-0.15, -0.1) is 0 Å². The van der Waals surface area contributed by atoms with Crippen molar-refractivity contribution in [2.75, 3.05) is 25.1 Å². The van der Waals surface area contributed by atoms with Crippen LogP contribution < -0.4 is 9.64 Å². The van der Waals surface area contributed by atoms with Crippen molar-refractivity contribution < 1.29 is 54.9 Å². The Labute approximate surface area is 270 Å². The Morgan fingerprint density at radius 2 is 1.65 bits per heavy atom. The summed E-state index contributed by atoms with van der Waals surface area (Å²) in [5.41, 5.74) is -2.07. The Kier molecular flexibility index (Phi) is 8.44. The first-order chi connectivity index (χ1) is 22.5. The Morgan fingerprint density at radius 1 is 1.00 bits per heavy atom. The quantitative estimate of drug-likeness (QED) is 0.243. The largest absolute Gasteiger partial charge is 0.496 e. The topological polar surface area (TPSA) is 92.2 Å². The van der Waals surface area contributed by atoms with Gasteiger partial charge in [0.25, 0.3) is 0 Å². The summed E-state index contributed by atoms with van der Waals surface area (Å²) in [6.45, 7) is 2.65. The fourth-order valence-corrected chi connectivity index (χ4v) is 6.38. The standard InChI is InChI=1S/C33H30F7N3O5/c1-16-29(18-10-20(32(35,36)37)12-21(11-18)33(38,39)40)48-31(46)43(16)15-26-22(4-5-28(41-26)42-6-3-7-42)24-13-23(25(34)14-27(24)47-2)17-8-19(9-17)30(44)45/h4-5,10-14,16-17,19,29H,3,6-9,15H2,1-2H3,(H,44,45)/t16-,17?,19?,29?/m0/s1. The highest BCUT2D eigenvalue weighted by Gasteiger charge is 2.44. The zero-order valence-electron chi connectivity index (χ0n) is 25.7. The fourth-order valence-electron chi connectivity index (χ4n) is 6.38. The van der Waals surface area contributed by atoms with Crippen molar-refractivity contribution >= 4 is 17.9 Å². The van der Waals surface area contributed by atoms with Crippen LogP contribution >= 0.6 is 0 Å². The molecule has 3 aliphatic rings. The van der Waals surface area contributed by atoms with E-state index in [1.165, 1.54) is 25.0 Å². The summed E-state index contributed by atoms with van der Waals surface area (Å²) in [7, 11) is 1.35. The number of carboxylic acids is 1. The Balaban J connectivity index is 1.38. The summed E-state index contributed by atoms with van der Waals surface area (Å²) in [6.07, 6.45) is -11.2. The molecule has 1 saturated carbocycles. The van der Waals surface area contributed by atoms with Crippen molar-refractivity contribution in [1.29, 1.82) is 0 Å². The molecule has 8 nitrogen and oxygen atoms in total. The maximum absolute atomic E-state index is 15.2. The molecule has 3 aromatic rings. The number of methoxy groups -OCH3 is 1. The van der Waals surface area contributed by atoms with E-state index < -0.39 is 65.0 Å². The average Bonchev–Trinajstić information content (AvgIpc) is 3.23. The van der Waals surface area contributed by atoms with Gasteiger partial charge in [0.1, 0.15) is 23.5 Å². The van der Waals surface area contributed by atoms with Gasteiger partial charge < -0.3 is 19.5 Å². The molecule has 256 valence electrons. The Hall–Kier alpha value is -4.56. The summed E-state index contributed by atoms with van der Waals surface area (Å²) < 4.78 is 108. The van der Waals surface area contributed by atoms with Crippen molar-refractivity contribution in [3.63, 3.8) is 0 Å². The molecule has 2 saturated heterocycles. The first kappa shape index (κ1) is 33.3. The van der Waals surface area contributed by atoms with Crippen LogP contribution in [0.4, 0.5) is 41.3 Å². The lowest BCUT2D eigenvalue weighted by Gasteiger charge is -2.34. The van der Waals surface area contributed by atoms with Crippen LogP contribution in [0.15, 0.2) is 42.5 Å². The number of aliphatic carboxylic acids is 1. The zero-order chi connectivity index (χ0) is 34.7. The van der Waals surface area contributed by atoms with Crippen LogP contribution in [-0.2, 0) is 28.4 Å². The van der Waals surface area contributed by atoms with Crippen LogP contribution in [0.25, 0.3) is 11.1 Å². The third kappa shape index (κ3) is 6.21. The van der Waals surface area contributed by atoms with Crippen molar-refractivity contribution in [2.24, 2.45) is 5.92 Å². The molecule has 2 aromatic carbocycles. The molecule has 1 aromatic heterocycles. The van der Waals surface area contributed by atoms with Gasteiger partial charge in [-0.2, -0.15) is 26.3 Å². The van der Waals surface area contributed by atoms with E-state index in [2.05, 4.69) is 0 Å². The molecule has 15 heteroatoms. The molecule has 2 aliphatic heterocycles. The van der Waals surface area contributed by atoms with E-state index in [0.29, 0.717) is 40.3 Å². The number of anilines is 1. The maximum Gasteiger partial charge on any atom is 0.416 e. The smallest absolute Gasteiger partial charge is 0.416 e. The molecule has 3 heterocycles. The van der Waals surface area contributed by atoms with Gasteiger partial charge in [0.15, 0.2) is 0 Å². The van der Waals surface area contributed by atoms with Gasteiger partial charge in [-0.1, -0.05) is 0 Å². The maximum atomic E-state index is 15.2. The predicted octanol–water partition coefficient (Wildman–Crippen LogP) is 7.80. The van der Waals surface area contributed by atoms with E-state index in [9.17, 15) is 41.0 Å². The Morgan fingerprint density at radius 3 is 2.19 bits per heavy atom. The first-order valence-electron chi connectivity index (χ1n) is 15.2. The first-order valence-corrected chi connectivity index (χ1v) is 15.2. The number of ether oxygens (including phenoxy) is 2. The van der Waals surface area contributed by atoms with Crippen LogP contribution in [-0.4, -0.2) is 53.3 Å². The number of halogens is 7. The van der Waals surface area contributed by atoms with Gasteiger partial charge in [0.2, 0.25) is 0 Å². The lowest BCUT2D eigenvalue weighted by molar-refractivity contribution is -0.145. The molecule has 1 N–H and O–H groups in total. The molecule has 2 atom stereocenters. The van der Waals surface area contributed by atoms with Gasteiger partial charge in [-0.3, -0.25) is 9.69 Å². The van der Waals surface area contributed by atoms with Gasteiger partial charge in [-0.25, -0.2) is 14.2 Å². The normalized spacial score (nSPS) is 22.6. The third-order valence-electron chi connectivity index (χ3n) is 9.33. The van der Waals surface area contributed by atoms with E-state index in [1.807, 2.05) is 4.90 Å². The van der Waals surface area contributed by atoms with Gasteiger partial charge in [0.05, 0.1) is 42.4 Å². The second-order valence-electron chi connectivity index (χ2n) is 12.3. The molecule has 0 bridgehead atoms. The number of carbonyl (C=O) groups excluding carboxylic acids is 1. The molecule has 1 aliphatic carbocycles. The number of alkyl halides is 6. The average molecular weight is 682 g/mol. The molecule has 3 fully saturated rings. The second-order valence-corrected chi connectivity index (χ2v) is 12.3. The summed E-state index contributed by atoms with van der Waals surface area (Å²) >= 11 is 0. The number of nitrogens with zero attached hydrogens (tertiary/aromatic N) is 3. The highest BCUT2D eigenvalue weighted by atomic mass is 19.4. The Bertz CT molecular complexity index is 1720. The van der Waals surface area contributed by atoms with E-state index in [1.54, 1.807) is 18.2 Å². The van der Waals surface area contributed by atoms with Gasteiger partial charge in [-0.05, 0) is 79.6 Å². The third-order valence-corrected chi connectivity index (χ3v) is 9.33. The van der Waals surface area contributed by atoms with E-state index in [0.717, 1.165) is 19.5 Å². The number of aromatic nitrogens is 1. The number of hydrogen-bond acceptors (Lipinski definition) is 6. The van der Waals surface area contributed by atoms with Gasteiger partial charge >= 0.3 is 24.4 Å². The lowest BCUT2D eigenvalue weighted by atomic mass is 9.71. The summed E-state index contributed by atoms with van der Waals surface area (Å²) in [5.74, 6) is -1.76. The minimum Gasteiger partial charge on any atom is -0.496 e. The second kappa shape index (κ2) is 12.2. The van der Waals surface area contributed by atoms with Crippen LogP contribution in [0.1, 0.15) is 66.2 Å². The van der Waals surface area contributed by atoms with Crippen LogP contribution in [0, 0.1) is 11.7 Å². The zero-order valence-corrected chi connectivity index (χ0v) is 25.7. The molecule has 6 rings (SSSR count). The summed E-state index contributed by atoms with van der Waals surface area (Å²) in [4.78, 5) is 32.5. The SMILES string of the molecule is COc1cc(F)c(C2CC(C(=O)O)C2)cc1-c1ccc(N2CCC2)nc1CN1C(=O)OC(c2cc(C(F)(F)F)cc(C(F)(F)F)c2)[C@@H]1C. The summed E-state index contributed by atoms with van der Waals surface area (Å²) in [5, 5.41) is 9.31. The number of carbonyl (C=O) groups is 2. The van der Waals surface area contributed by atoms with Crippen LogP contribution in [0.3, 0.4) is 0 Å². The molecule has 0 spiro atoms. The van der Waals surface area contributed by atoms with Crippen LogP contribution in [0.2, 0.25) is 0 Å². The minimum absolute atomic E-state index is 0.00987. The predicted molar refractivity (Wildman–Crippen MR) is 157 cm³/mol. The number of rotatable bonds is 8. The molecule has 0 radical (unpaired) electrons. The fraction of sp³-hybridized carbons (Fsp3) is 0.424. The van der Waals surface area contributed by atoms with Crippen molar-refractivity contribution in [2.45, 2.75) is 63.1 Å². The molecular weight excluding hydrogens is 651 g/mol. The minimum atomic E-state index is -5.08. The van der Waals surface area contributed by atoms with Gasteiger partial charge in [0, 0.05) is 30.3 Å². The van der Waals surface area contributed by atoms with Crippen LogP contribution in [0.5, 0.6) is 5.75 Å². The number of amides is 1. The van der Waals surface area contributed by atoms with E-state index >= 15 is 4.39 Å². The number of hydrogen-bond donors (Lipinski definition) is 1. The number of pyridine rings is 1. The molecule has 48 heavy (non-hydrogen) atoms. The monoisotopic (exact) mass is 681 g/mol. The van der Waals surface area contributed by atoms with Crippen molar-refractivity contribution in [1.82, 2.24) is 9.88 Å². The van der Waals surface area contributed by atoms with Crippen molar-refractivity contribution in [3.8, 4) is 16.9 Å². The highest BCUT2D eigenvalue weighted by Crippen LogP contribution is 2.47. The number of cyclic esters (lactones) is 1. The molecular formula is C33H30F7N3O5. The molecule has 1 unspecified atom stereocenters. The molecule has 1 amide bonds.